The average Bonchev–Trinajstić information content (AvgIpc) is 2.26. The maximum Gasteiger partial charge on any atom is 0.314 e. The van der Waals surface area contributed by atoms with Crippen LogP contribution >= 0.6 is 11.6 Å². The Bertz CT molecular complexity index is 344. The largest absolute Gasteiger partial charge is 0.338 e. The van der Waals surface area contributed by atoms with Gasteiger partial charge in [-0.15, -0.1) is 0 Å². The lowest BCUT2D eigenvalue weighted by Crippen LogP contribution is -2.39. The second-order valence-electron chi connectivity index (χ2n) is 3.35. The van der Waals surface area contributed by atoms with Gasteiger partial charge in [-0.3, -0.25) is 0 Å². The molecule has 0 aliphatic heterocycles. The van der Waals surface area contributed by atoms with Crippen molar-refractivity contribution in [3.05, 3.63) is 34.9 Å². The van der Waals surface area contributed by atoms with Crippen LogP contribution in [0, 0.1) is 0 Å². The Morgan fingerprint density at radius 1 is 1.31 bits per heavy atom. The van der Waals surface area contributed by atoms with Gasteiger partial charge in [0.25, 0.3) is 0 Å². The fraction of sp³-hybridized carbons (Fsp3) is 0.364. The molecule has 0 aliphatic rings. The number of urea groups is 1. The second kappa shape index (κ2) is 7.09. The van der Waals surface area contributed by atoms with E-state index in [1.807, 2.05) is 24.3 Å². The third-order valence-electron chi connectivity index (χ3n) is 2.02. The fourth-order valence-corrected chi connectivity index (χ4v) is 1.47. The zero-order valence-electron chi connectivity index (χ0n) is 9.00. The minimum atomic E-state index is -0.188. The van der Waals surface area contributed by atoms with Crippen molar-refractivity contribution in [3.63, 3.8) is 0 Å². The zero-order chi connectivity index (χ0) is 11.8. The summed E-state index contributed by atoms with van der Waals surface area (Å²) in [5.74, 6) is 0. The van der Waals surface area contributed by atoms with Gasteiger partial charge < -0.3 is 16.4 Å². The highest BCUT2D eigenvalue weighted by Gasteiger charge is 1.98. The number of halogens is 1. The molecule has 4 N–H and O–H groups in total. The van der Waals surface area contributed by atoms with Crippen molar-refractivity contribution >= 4 is 17.6 Å². The van der Waals surface area contributed by atoms with Crippen LogP contribution in [0.5, 0.6) is 0 Å². The van der Waals surface area contributed by atoms with Crippen LogP contribution in [0.3, 0.4) is 0 Å². The first-order valence-corrected chi connectivity index (χ1v) is 5.56. The molecular weight excluding hydrogens is 226 g/mol. The first kappa shape index (κ1) is 12.8. The molecule has 0 fully saturated rings. The summed E-state index contributed by atoms with van der Waals surface area (Å²) in [4.78, 5) is 11.2. The summed E-state index contributed by atoms with van der Waals surface area (Å²) < 4.78 is 0. The number of carbonyl (C=O) groups is 1. The number of hydrogen-bond donors (Lipinski definition) is 3. The molecule has 4 nitrogen and oxygen atoms in total. The summed E-state index contributed by atoms with van der Waals surface area (Å²) in [6.07, 6.45) is 0.761. The quantitative estimate of drug-likeness (QED) is 0.724. The number of nitrogens with two attached hydrogens (primary N) is 1. The van der Waals surface area contributed by atoms with Crippen molar-refractivity contribution in [2.24, 2.45) is 5.73 Å². The summed E-state index contributed by atoms with van der Waals surface area (Å²) >= 11 is 5.84. The van der Waals surface area contributed by atoms with E-state index in [4.69, 9.17) is 17.3 Å². The van der Waals surface area contributed by atoms with E-state index in [1.165, 1.54) is 0 Å². The highest BCUT2D eigenvalue weighted by molar-refractivity contribution is 6.30. The third kappa shape index (κ3) is 5.00. The van der Waals surface area contributed by atoms with Crippen molar-refractivity contribution in [1.29, 1.82) is 0 Å². The molecule has 0 aromatic heterocycles. The Kier molecular flexibility index (Phi) is 5.67. The van der Waals surface area contributed by atoms with Crippen molar-refractivity contribution in [1.82, 2.24) is 10.6 Å². The molecular formula is C11H16ClN3O. The van der Waals surface area contributed by atoms with E-state index in [0.29, 0.717) is 24.7 Å². The van der Waals surface area contributed by atoms with Crippen molar-refractivity contribution < 1.29 is 4.79 Å². The molecule has 1 aromatic carbocycles. The third-order valence-corrected chi connectivity index (χ3v) is 2.25. The SMILES string of the molecule is NCCNC(=O)NCCc1cccc(Cl)c1. The molecule has 0 aliphatic carbocycles. The van der Waals surface area contributed by atoms with Crippen LogP contribution in [0.4, 0.5) is 4.79 Å². The maximum absolute atomic E-state index is 11.2. The first-order chi connectivity index (χ1) is 7.72. The molecule has 88 valence electrons. The highest BCUT2D eigenvalue weighted by Crippen LogP contribution is 2.10. The van der Waals surface area contributed by atoms with Crippen LogP contribution in [0.2, 0.25) is 5.02 Å². The molecule has 0 unspecified atom stereocenters. The van der Waals surface area contributed by atoms with Crippen LogP contribution < -0.4 is 16.4 Å². The Labute approximate surface area is 100 Å². The highest BCUT2D eigenvalue weighted by atomic mass is 35.5. The topological polar surface area (TPSA) is 67.1 Å². The van der Waals surface area contributed by atoms with Gasteiger partial charge in [-0.25, -0.2) is 4.79 Å². The summed E-state index contributed by atoms with van der Waals surface area (Å²) in [6, 6.07) is 7.40. The van der Waals surface area contributed by atoms with Gasteiger partial charge in [0, 0.05) is 24.7 Å². The molecule has 1 rings (SSSR count). The van der Waals surface area contributed by atoms with Crippen LogP contribution in [0.25, 0.3) is 0 Å². The number of nitrogens with one attached hydrogen (secondary N) is 2. The standard InChI is InChI=1S/C11H16ClN3O/c12-10-3-1-2-9(8-10)4-6-14-11(16)15-7-5-13/h1-3,8H,4-7,13H2,(H2,14,15,16). The van der Waals surface area contributed by atoms with Gasteiger partial charge in [0.2, 0.25) is 0 Å². The Morgan fingerprint density at radius 2 is 2.06 bits per heavy atom. The molecule has 1 aromatic rings. The number of hydrogen-bond acceptors (Lipinski definition) is 2. The minimum Gasteiger partial charge on any atom is -0.338 e. The molecule has 0 heterocycles. The van der Waals surface area contributed by atoms with Gasteiger partial charge >= 0.3 is 6.03 Å². The van der Waals surface area contributed by atoms with Crippen LogP contribution in [-0.2, 0) is 6.42 Å². The number of amides is 2. The van der Waals surface area contributed by atoms with Gasteiger partial charge in [-0.1, -0.05) is 23.7 Å². The van der Waals surface area contributed by atoms with E-state index in [-0.39, 0.29) is 6.03 Å². The number of carbonyl (C=O) groups excluding carboxylic acids is 1. The molecule has 2 amide bonds. The fourth-order valence-electron chi connectivity index (χ4n) is 1.26. The van der Waals surface area contributed by atoms with Crippen molar-refractivity contribution in [3.8, 4) is 0 Å². The molecule has 16 heavy (non-hydrogen) atoms. The Morgan fingerprint density at radius 3 is 2.75 bits per heavy atom. The normalized spacial score (nSPS) is 9.88. The van der Waals surface area contributed by atoms with Gasteiger partial charge in [-0.05, 0) is 24.1 Å². The molecule has 5 heteroatoms. The molecule has 0 spiro atoms. The monoisotopic (exact) mass is 241 g/mol. The molecule has 0 atom stereocenters. The van der Waals surface area contributed by atoms with E-state index in [1.54, 1.807) is 0 Å². The van der Waals surface area contributed by atoms with E-state index in [2.05, 4.69) is 10.6 Å². The van der Waals surface area contributed by atoms with Crippen molar-refractivity contribution in [2.45, 2.75) is 6.42 Å². The zero-order valence-corrected chi connectivity index (χ0v) is 9.76. The Hall–Kier alpha value is -1.26. The molecule has 0 radical (unpaired) electrons. The van der Waals surface area contributed by atoms with E-state index < -0.39 is 0 Å². The second-order valence-corrected chi connectivity index (χ2v) is 3.79. The summed E-state index contributed by atoms with van der Waals surface area (Å²) in [6.45, 7) is 1.52. The van der Waals surface area contributed by atoms with Crippen LogP contribution in [0.1, 0.15) is 5.56 Å². The predicted octanol–water partition coefficient (Wildman–Crippen LogP) is 1.14. The number of benzene rings is 1. The van der Waals surface area contributed by atoms with Crippen LogP contribution in [0.15, 0.2) is 24.3 Å². The predicted molar refractivity (Wildman–Crippen MR) is 65.6 cm³/mol. The van der Waals surface area contributed by atoms with Gasteiger partial charge in [0.15, 0.2) is 0 Å². The van der Waals surface area contributed by atoms with Crippen LogP contribution in [-0.4, -0.2) is 25.7 Å². The molecule has 0 bridgehead atoms. The Balaban J connectivity index is 2.22. The average molecular weight is 242 g/mol. The summed E-state index contributed by atoms with van der Waals surface area (Å²) in [5, 5.41) is 6.08. The lowest BCUT2D eigenvalue weighted by Gasteiger charge is -2.06. The van der Waals surface area contributed by atoms with Crippen molar-refractivity contribution in [2.75, 3.05) is 19.6 Å². The minimum absolute atomic E-state index is 0.188. The van der Waals surface area contributed by atoms with E-state index in [0.717, 1.165) is 12.0 Å². The lowest BCUT2D eigenvalue weighted by molar-refractivity contribution is 0.241. The summed E-state index contributed by atoms with van der Waals surface area (Å²) in [7, 11) is 0. The van der Waals surface area contributed by atoms with Gasteiger partial charge in [-0.2, -0.15) is 0 Å². The lowest BCUT2D eigenvalue weighted by atomic mass is 10.1. The smallest absolute Gasteiger partial charge is 0.314 e. The van der Waals surface area contributed by atoms with Gasteiger partial charge in [0.05, 0.1) is 0 Å². The number of rotatable bonds is 5. The van der Waals surface area contributed by atoms with E-state index in [9.17, 15) is 4.79 Å². The molecule has 0 saturated heterocycles. The molecule has 0 saturated carbocycles. The maximum atomic E-state index is 11.2. The summed E-state index contributed by atoms with van der Waals surface area (Å²) in [5.41, 5.74) is 6.36. The van der Waals surface area contributed by atoms with E-state index >= 15 is 0 Å². The first-order valence-electron chi connectivity index (χ1n) is 5.18. The van der Waals surface area contributed by atoms with Gasteiger partial charge in [0.1, 0.15) is 0 Å².